The molecule has 0 atom stereocenters. The number of rotatable bonds is 3. The standard InChI is InChI=1S/C15H18BrNO2/c16-12-2-1-3-14(10-12)19-13-6-8-17(9-7-13)15(18)11-4-5-11/h1-3,10-11,13H,4-9H2. The van der Waals surface area contributed by atoms with Crippen LogP contribution < -0.4 is 4.74 Å². The van der Waals surface area contributed by atoms with Crippen molar-refractivity contribution in [3.8, 4) is 5.75 Å². The average Bonchev–Trinajstić information content (AvgIpc) is 3.23. The summed E-state index contributed by atoms with van der Waals surface area (Å²) < 4.78 is 7.01. The van der Waals surface area contributed by atoms with Gasteiger partial charge in [0.25, 0.3) is 0 Å². The van der Waals surface area contributed by atoms with Crippen molar-refractivity contribution in [1.82, 2.24) is 4.90 Å². The molecule has 1 saturated heterocycles. The molecular weight excluding hydrogens is 306 g/mol. The fourth-order valence-corrected chi connectivity index (χ4v) is 2.89. The van der Waals surface area contributed by atoms with Gasteiger partial charge in [-0.1, -0.05) is 22.0 Å². The number of benzene rings is 1. The summed E-state index contributed by atoms with van der Waals surface area (Å²) >= 11 is 3.45. The molecule has 1 heterocycles. The molecule has 0 radical (unpaired) electrons. The summed E-state index contributed by atoms with van der Waals surface area (Å²) in [6.07, 6.45) is 4.29. The van der Waals surface area contributed by atoms with Crippen molar-refractivity contribution in [2.45, 2.75) is 31.8 Å². The highest BCUT2D eigenvalue weighted by molar-refractivity contribution is 9.10. The molecule has 4 heteroatoms. The summed E-state index contributed by atoms with van der Waals surface area (Å²) in [6, 6.07) is 7.93. The smallest absolute Gasteiger partial charge is 0.225 e. The van der Waals surface area contributed by atoms with E-state index >= 15 is 0 Å². The van der Waals surface area contributed by atoms with E-state index in [9.17, 15) is 4.79 Å². The predicted molar refractivity (Wildman–Crippen MR) is 77.1 cm³/mol. The van der Waals surface area contributed by atoms with Gasteiger partial charge in [-0.2, -0.15) is 0 Å². The molecule has 1 aromatic carbocycles. The lowest BCUT2D eigenvalue weighted by molar-refractivity contribution is -0.134. The number of likely N-dealkylation sites (tertiary alicyclic amines) is 1. The van der Waals surface area contributed by atoms with E-state index in [1.165, 1.54) is 0 Å². The highest BCUT2D eigenvalue weighted by atomic mass is 79.9. The van der Waals surface area contributed by atoms with E-state index in [0.29, 0.717) is 11.8 Å². The third-order valence-corrected chi connectivity index (χ3v) is 4.27. The maximum absolute atomic E-state index is 11.9. The van der Waals surface area contributed by atoms with Crippen LogP contribution in [0.1, 0.15) is 25.7 Å². The topological polar surface area (TPSA) is 29.5 Å². The molecule has 0 unspecified atom stereocenters. The Morgan fingerprint density at radius 2 is 1.95 bits per heavy atom. The van der Waals surface area contributed by atoms with E-state index in [0.717, 1.165) is 49.0 Å². The van der Waals surface area contributed by atoms with Gasteiger partial charge in [0.2, 0.25) is 5.91 Å². The number of nitrogens with zero attached hydrogens (tertiary/aromatic N) is 1. The molecule has 2 aliphatic rings. The van der Waals surface area contributed by atoms with Crippen molar-refractivity contribution in [1.29, 1.82) is 0 Å². The van der Waals surface area contributed by atoms with E-state index in [-0.39, 0.29) is 6.10 Å². The molecule has 0 bridgehead atoms. The van der Waals surface area contributed by atoms with Crippen molar-refractivity contribution in [3.63, 3.8) is 0 Å². The zero-order valence-electron chi connectivity index (χ0n) is 10.8. The molecule has 1 aromatic rings. The van der Waals surface area contributed by atoms with Crippen LogP contribution in [0.15, 0.2) is 28.7 Å². The minimum absolute atomic E-state index is 0.234. The normalized spacial score (nSPS) is 20.4. The van der Waals surface area contributed by atoms with E-state index in [2.05, 4.69) is 15.9 Å². The Hall–Kier alpha value is -1.03. The summed E-state index contributed by atoms with van der Waals surface area (Å²) in [5.41, 5.74) is 0. The molecule has 1 aliphatic heterocycles. The van der Waals surface area contributed by atoms with Crippen molar-refractivity contribution in [2.75, 3.05) is 13.1 Å². The first-order valence-corrected chi connectivity index (χ1v) is 7.73. The van der Waals surface area contributed by atoms with Crippen LogP contribution in [-0.4, -0.2) is 30.0 Å². The first kappa shape index (κ1) is 13.0. The fourth-order valence-electron chi connectivity index (χ4n) is 2.52. The maximum atomic E-state index is 11.9. The number of carbonyl (C=O) groups is 1. The van der Waals surface area contributed by atoms with Gasteiger partial charge < -0.3 is 9.64 Å². The van der Waals surface area contributed by atoms with Gasteiger partial charge in [0, 0.05) is 36.3 Å². The van der Waals surface area contributed by atoms with Gasteiger partial charge in [-0.3, -0.25) is 4.79 Å². The Labute approximate surface area is 122 Å². The monoisotopic (exact) mass is 323 g/mol. The van der Waals surface area contributed by atoms with Crippen LogP contribution in [-0.2, 0) is 4.79 Å². The molecule has 102 valence electrons. The summed E-state index contributed by atoms with van der Waals surface area (Å²) in [5.74, 6) is 1.60. The molecule has 19 heavy (non-hydrogen) atoms. The van der Waals surface area contributed by atoms with Crippen LogP contribution >= 0.6 is 15.9 Å². The Kier molecular flexibility index (Phi) is 3.78. The van der Waals surface area contributed by atoms with E-state index in [1.54, 1.807) is 0 Å². The van der Waals surface area contributed by atoms with E-state index in [1.807, 2.05) is 29.2 Å². The number of amides is 1. The zero-order valence-corrected chi connectivity index (χ0v) is 12.4. The highest BCUT2D eigenvalue weighted by Crippen LogP contribution is 2.32. The molecular formula is C15H18BrNO2. The number of hydrogen-bond acceptors (Lipinski definition) is 2. The number of ether oxygens (including phenoxy) is 1. The lowest BCUT2D eigenvalue weighted by Gasteiger charge is -2.32. The molecule has 1 amide bonds. The number of piperidine rings is 1. The lowest BCUT2D eigenvalue weighted by Crippen LogP contribution is -2.42. The molecule has 0 aromatic heterocycles. The summed E-state index contributed by atoms with van der Waals surface area (Å²) in [7, 11) is 0. The van der Waals surface area contributed by atoms with Crippen LogP contribution in [0.4, 0.5) is 0 Å². The SMILES string of the molecule is O=C(C1CC1)N1CCC(Oc2cccc(Br)c2)CC1. The third-order valence-electron chi connectivity index (χ3n) is 3.78. The summed E-state index contributed by atoms with van der Waals surface area (Å²) in [5, 5.41) is 0. The number of carbonyl (C=O) groups excluding carboxylic acids is 1. The second-order valence-electron chi connectivity index (χ2n) is 5.37. The van der Waals surface area contributed by atoms with Gasteiger partial charge in [-0.05, 0) is 31.0 Å². The number of halogens is 1. The lowest BCUT2D eigenvalue weighted by atomic mass is 10.1. The summed E-state index contributed by atoms with van der Waals surface area (Å²) in [6.45, 7) is 1.68. The fraction of sp³-hybridized carbons (Fsp3) is 0.533. The van der Waals surface area contributed by atoms with Crippen molar-refractivity contribution in [2.24, 2.45) is 5.92 Å². The number of hydrogen-bond donors (Lipinski definition) is 0. The quantitative estimate of drug-likeness (QED) is 0.854. The van der Waals surface area contributed by atoms with Crippen LogP contribution in [0.2, 0.25) is 0 Å². The minimum atomic E-state index is 0.234. The molecule has 3 rings (SSSR count). The van der Waals surface area contributed by atoms with E-state index in [4.69, 9.17) is 4.74 Å². The van der Waals surface area contributed by atoms with Gasteiger partial charge >= 0.3 is 0 Å². The Balaban J connectivity index is 1.51. The molecule has 1 saturated carbocycles. The van der Waals surface area contributed by atoms with Crippen molar-refractivity contribution >= 4 is 21.8 Å². The van der Waals surface area contributed by atoms with Gasteiger partial charge in [0.05, 0.1) is 0 Å². The maximum Gasteiger partial charge on any atom is 0.225 e. The molecule has 3 nitrogen and oxygen atoms in total. The summed E-state index contributed by atoms with van der Waals surface area (Å²) in [4.78, 5) is 14.0. The molecule has 1 aliphatic carbocycles. The Bertz CT molecular complexity index is 465. The molecule has 0 N–H and O–H groups in total. The second-order valence-corrected chi connectivity index (χ2v) is 6.29. The van der Waals surface area contributed by atoms with Crippen LogP contribution in [0.5, 0.6) is 5.75 Å². The first-order chi connectivity index (χ1) is 9.22. The van der Waals surface area contributed by atoms with Gasteiger partial charge in [0.1, 0.15) is 11.9 Å². The second kappa shape index (κ2) is 5.53. The van der Waals surface area contributed by atoms with Crippen LogP contribution in [0.25, 0.3) is 0 Å². The van der Waals surface area contributed by atoms with E-state index < -0.39 is 0 Å². The molecule has 2 fully saturated rings. The Morgan fingerprint density at radius 1 is 1.21 bits per heavy atom. The minimum Gasteiger partial charge on any atom is -0.490 e. The van der Waals surface area contributed by atoms with Gasteiger partial charge in [-0.15, -0.1) is 0 Å². The zero-order chi connectivity index (χ0) is 13.2. The van der Waals surface area contributed by atoms with Crippen molar-refractivity contribution < 1.29 is 9.53 Å². The van der Waals surface area contributed by atoms with Gasteiger partial charge in [0.15, 0.2) is 0 Å². The van der Waals surface area contributed by atoms with Crippen molar-refractivity contribution in [3.05, 3.63) is 28.7 Å². The first-order valence-electron chi connectivity index (χ1n) is 6.93. The van der Waals surface area contributed by atoms with Gasteiger partial charge in [-0.25, -0.2) is 0 Å². The predicted octanol–water partition coefficient (Wildman–Crippen LogP) is 3.23. The molecule has 0 spiro atoms. The van der Waals surface area contributed by atoms with Crippen LogP contribution in [0, 0.1) is 5.92 Å². The highest BCUT2D eigenvalue weighted by Gasteiger charge is 2.35. The average molecular weight is 324 g/mol. The largest absolute Gasteiger partial charge is 0.490 e. The Morgan fingerprint density at radius 3 is 2.58 bits per heavy atom. The van der Waals surface area contributed by atoms with Crippen LogP contribution in [0.3, 0.4) is 0 Å². The third kappa shape index (κ3) is 3.30.